The summed E-state index contributed by atoms with van der Waals surface area (Å²) in [5.74, 6) is -1.56. The van der Waals surface area contributed by atoms with Gasteiger partial charge in [-0.1, -0.05) is 0 Å². The van der Waals surface area contributed by atoms with Crippen molar-refractivity contribution in [1.29, 1.82) is 0 Å². The van der Waals surface area contributed by atoms with Crippen LogP contribution in [0.25, 0.3) is 0 Å². The van der Waals surface area contributed by atoms with Crippen molar-refractivity contribution in [3.05, 3.63) is 62.4 Å². The number of aromatic nitrogens is 2. The van der Waals surface area contributed by atoms with Gasteiger partial charge in [0.05, 0.1) is 6.10 Å². The Hall–Kier alpha value is -2.97. The van der Waals surface area contributed by atoms with Crippen LogP contribution in [0.1, 0.15) is 31.2 Å². The van der Waals surface area contributed by atoms with Gasteiger partial charge in [0.2, 0.25) is 5.91 Å². The summed E-state index contributed by atoms with van der Waals surface area (Å²) in [6.45, 7) is 1.37. The lowest BCUT2D eigenvalue weighted by molar-refractivity contribution is -0.122. The van der Waals surface area contributed by atoms with Gasteiger partial charge in [-0.15, -0.1) is 0 Å². The van der Waals surface area contributed by atoms with Crippen molar-refractivity contribution in [2.75, 3.05) is 0 Å². The Labute approximate surface area is 159 Å². The first kappa shape index (κ1) is 19.8. The molecule has 2 aromatic rings. The molecule has 7 nitrogen and oxygen atoms in total. The minimum Gasteiger partial charge on any atom is -0.490 e. The van der Waals surface area contributed by atoms with Crippen LogP contribution < -0.4 is 21.3 Å². The third kappa shape index (κ3) is 5.05. The van der Waals surface area contributed by atoms with Crippen LogP contribution in [-0.2, 0) is 11.3 Å². The highest BCUT2D eigenvalue weighted by Crippen LogP contribution is 2.25. The SMILES string of the molecule is Cc1cn(CC(=O)NC2CCC(Oc3cc(F)cc(F)c3)CC2)c(=O)[nH]c1=O. The third-order valence-corrected chi connectivity index (χ3v) is 4.68. The second-order valence-corrected chi connectivity index (χ2v) is 6.96. The van der Waals surface area contributed by atoms with Gasteiger partial charge in [-0.3, -0.25) is 19.1 Å². The number of aromatic amines is 1. The number of rotatable bonds is 5. The Bertz CT molecular complexity index is 958. The highest BCUT2D eigenvalue weighted by molar-refractivity contribution is 5.76. The summed E-state index contributed by atoms with van der Waals surface area (Å²) in [5.41, 5.74) is -0.762. The quantitative estimate of drug-likeness (QED) is 0.808. The second-order valence-electron chi connectivity index (χ2n) is 6.96. The summed E-state index contributed by atoms with van der Waals surface area (Å²) in [5, 5.41) is 2.87. The van der Waals surface area contributed by atoms with Crippen molar-refractivity contribution < 1.29 is 18.3 Å². The molecule has 0 unspecified atom stereocenters. The molecule has 1 fully saturated rings. The zero-order chi connectivity index (χ0) is 20.3. The lowest BCUT2D eigenvalue weighted by Crippen LogP contribution is -2.43. The van der Waals surface area contributed by atoms with Crippen LogP contribution in [-0.4, -0.2) is 27.6 Å². The number of carbonyl (C=O) groups excluding carboxylic acids is 1. The van der Waals surface area contributed by atoms with Gasteiger partial charge in [0, 0.05) is 36.0 Å². The molecule has 28 heavy (non-hydrogen) atoms. The zero-order valence-corrected chi connectivity index (χ0v) is 15.3. The zero-order valence-electron chi connectivity index (χ0n) is 15.3. The smallest absolute Gasteiger partial charge is 0.328 e. The van der Waals surface area contributed by atoms with Crippen LogP contribution in [0, 0.1) is 18.6 Å². The van der Waals surface area contributed by atoms with E-state index in [4.69, 9.17) is 4.74 Å². The first-order valence-electron chi connectivity index (χ1n) is 9.02. The molecule has 1 aliphatic rings. The standard InChI is InChI=1S/C19H21F2N3O4/c1-11-9-24(19(27)23-18(11)26)10-17(25)22-14-2-4-15(5-3-14)28-16-7-12(20)6-13(21)8-16/h6-9,14-15H,2-5,10H2,1H3,(H,22,25)(H,23,26,27). The Morgan fingerprint density at radius 1 is 1.18 bits per heavy atom. The van der Waals surface area contributed by atoms with Crippen molar-refractivity contribution in [3.63, 3.8) is 0 Å². The molecule has 0 spiro atoms. The van der Waals surface area contributed by atoms with Crippen LogP contribution >= 0.6 is 0 Å². The van der Waals surface area contributed by atoms with Gasteiger partial charge in [-0.25, -0.2) is 13.6 Å². The maximum absolute atomic E-state index is 13.2. The summed E-state index contributed by atoms with van der Waals surface area (Å²) in [6, 6.07) is 2.99. The molecule has 3 rings (SSSR count). The lowest BCUT2D eigenvalue weighted by Gasteiger charge is -2.29. The number of hydrogen-bond acceptors (Lipinski definition) is 4. The van der Waals surface area contributed by atoms with Gasteiger partial charge in [0.15, 0.2) is 0 Å². The monoisotopic (exact) mass is 393 g/mol. The molecule has 0 saturated heterocycles. The molecule has 9 heteroatoms. The van der Waals surface area contributed by atoms with Gasteiger partial charge in [0.25, 0.3) is 5.56 Å². The van der Waals surface area contributed by atoms with E-state index in [-0.39, 0.29) is 30.3 Å². The molecule has 0 bridgehead atoms. The number of nitrogens with zero attached hydrogens (tertiary/aromatic N) is 1. The molecular weight excluding hydrogens is 372 g/mol. The van der Waals surface area contributed by atoms with E-state index in [9.17, 15) is 23.2 Å². The van der Waals surface area contributed by atoms with E-state index in [0.717, 1.165) is 22.8 Å². The summed E-state index contributed by atoms with van der Waals surface area (Å²) >= 11 is 0. The molecule has 0 aliphatic heterocycles. The number of benzene rings is 1. The molecule has 1 aromatic carbocycles. The Kier molecular flexibility index (Phi) is 5.91. The van der Waals surface area contributed by atoms with Gasteiger partial charge >= 0.3 is 5.69 Å². The molecule has 0 radical (unpaired) electrons. The topological polar surface area (TPSA) is 93.2 Å². The number of nitrogens with one attached hydrogen (secondary N) is 2. The summed E-state index contributed by atoms with van der Waals surface area (Å²) in [7, 11) is 0. The van der Waals surface area contributed by atoms with Crippen LogP contribution in [0.4, 0.5) is 8.78 Å². The van der Waals surface area contributed by atoms with E-state index in [1.54, 1.807) is 6.92 Å². The number of aryl methyl sites for hydroxylation is 1. The normalized spacial score (nSPS) is 19.2. The Morgan fingerprint density at radius 2 is 1.82 bits per heavy atom. The van der Waals surface area contributed by atoms with Gasteiger partial charge in [-0.2, -0.15) is 0 Å². The summed E-state index contributed by atoms with van der Waals surface area (Å²) in [6.07, 6.45) is 3.71. The molecule has 1 heterocycles. The minimum atomic E-state index is -0.691. The predicted octanol–water partition coefficient (Wildman–Crippen LogP) is 1.63. The minimum absolute atomic E-state index is 0.0730. The third-order valence-electron chi connectivity index (χ3n) is 4.68. The van der Waals surface area contributed by atoms with Crippen molar-refractivity contribution >= 4 is 5.91 Å². The maximum atomic E-state index is 13.2. The fourth-order valence-electron chi connectivity index (χ4n) is 3.28. The summed E-state index contributed by atoms with van der Waals surface area (Å²) in [4.78, 5) is 37.5. The highest BCUT2D eigenvalue weighted by atomic mass is 19.1. The fourth-order valence-corrected chi connectivity index (χ4v) is 3.28. The van der Waals surface area contributed by atoms with Crippen LogP contribution in [0.3, 0.4) is 0 Å². The Balaban J connectivity index is 1.50. The molecule has 1 amide bonds. The van der Waals surface area contributed by atoms with Crippen molar-refractivity contribution in [2.24, 2.45) is 0 Å². The van der Waals surface area contributed by atoms with Crippen molar-refractivity contribution in [1.82, 2.24) is 14.9 Å². The average Bonchev–Trinajstić information content (AvgIpc) is 2.60. The molecule has 0 atom stereocenters. The fraction of sp³-hybridized carbons (Fsp3) is 0.421. The van der Waals surface area contributed by atoms with E-state index in [1.165, 1.54) is 6.20 Å². The number of hydrogen-bond donors (Lipinski definition) is 2. The summed E-state index contributed by atoms with van der Waals surface area (Å²) < 4.78 is 33.2. The van der Waals surface area contributed by atoms with Crippen LogP contribution in [0.15, 0.2) is 34.0 Å². The van der Waals surface area contributed by atoms with E-state index in [2.05, 4.69) is 10.3 Å². The Morgan fingerprint density at radius 3 is 2.46 bits per heavy atom. The second kappa shape index (κ2) is 8.37. The molecule has 1 saturated carbocycles. The molecule has 150 valence electrons. The van der Waals surface area contributed by atoms with E-state index >= 15 is 0 Å². The first-order valence-corrected chi connectivity index (χ1v) is 9.02. The maximum Gasteiger partial charge on any atom is 0.328 e. The van der Waals surface area contributed by atoms with Gasteiger partial charge in [0.1, 0.15) is 23.9 Å². The van der Waals surface area contributed by atoms with E-state index in [1.807, 2.05) is 0 Å². The van der Waals surface area contributed by atoms with Crippen LogP contribution in [0.5, 0.6) is 5.75 Å². The molecule has 1 aliphatic carbocycles. The van der Waals surface area contributed by atoms with Crippen molar-refractivity contribution in [3.8, 4) is 5.75 Å². The van der Waals surface area contributed by atoms with Gasteiger partial charge < -0.3 is 10.1 Å². The predicted molar refractivity (Wildman–Crippen MR) is 97.2 cm³/mol. The van der Waals surface area contributed by atoms with Crippen molar-refractivity contribution in [2.45, 2.75) is 51.3 Å². The molecular formula is C19H21F2N3O4. The van der Waals surface area contributed by atoms with Crippen LogP contribution in [0.2, 0.25) is 0 Å². The van der Waals surface area contributed by atoms with E-state index < -0.39 is 22.9 Å². The lowest BCUT2D eigenvalue weighted by atomic mass is 9.93. The number of ether oxygens (including phenoxy) is 1. The number of amides is 1. The number of halogens is 2. The number of H-pyrrole nitrogens is 1. The van der Waals surface area contributed by atoms with E-state index in [0.29, 0.717) is 31.2 Å². The molecule has 2 N–H and O–H groups in total. The number of carbonyl (C=O) groups is 1. The first-order chi connectivity index (χ1) is 13.3. The van der Waals surface area contributed by atoms with Gasteiger partial charge in [-0.05, 0) is 32.6 Å². The highest BCUT2D eigenvalue weighted by Gasteiger charge is 2.24. The largest absolute Gasteiger partial charge is 0.490 e. The average molecular weight is 393 g/mol. The molecule has 1 aromatic heterocycles.